The highest BCUT2D eigenvalue weighted by atomic mass is 16.7. The largest absolute Gasteiger partial charge is 0.456 e. The number of ether oxygens (including phenoxy) is 5. The van der Waals surface area contributed by atoms with Crippen LogP contribution in [0.5, 0.6) is 0 Å². The molecule has 1 fully saturated rings. The molecule has 0 unspecified atom stereocenters. The lowest BCUT2D eigenvalue weighted by molar-refractivity contribution is -0.224. The minimum absolute atomic E-state index is 0.0527. The van der Waals surface area contributed by atoms with Gasteiger partial charge in [-0.2, -0.15) is 0 Å². The molecule has 0 amide bonds. The molecule has 8 nitrogen and oxygen atoms in total. The molecule has 124 valence electrons. The smallest absolute Gasteiger partial charge is 0.310 e. The molecule has 1 aliphatic rings. The first-order valence-corrected chi connectivity index (χ1v) is 6.70. The van der Waals surface area contributed by atoms with Crippen LogP contribution in [-0.4, -0.2) is 48.9 Å². The molecule has 8 heteroatoms. The summed E-state index contributed by atoms with van der Waals surface area (Å²) in [4.78, 5) is 33.4. The van der Waals surface area contributed by atoms with Gasteiger partial charge in [-0.25, -0.2) is 0 Å². The second-order valence-electron chi connectivity index (χ2n) is 4.81. The Bertz CT molecular complexity index is 458. The van der Waals surface area contributed by atoms with Gasteiger partial charge in [0.25, 0.3) is 5.95 Å². The van der Waals surface area contributed by atoms with Crippen LogP contribution < -0.4 is 0 Å². The van der Waals surface area contributed by atoms with Crippen molar-refractivity contribution >= 4 is 17.9 Å². The molecular weight excluding hydrogens is 296 g/mol. The van der Waals surface area contributed by atoms with Crippen molar-refractivity contribution in [1.29, 1.82) is 0 Å². The number of hydrogen-bond acceptors (Lipinski definition) is 8. The molecule has 0 saturated carbocycles. The lowest BCUT2D eigenvalue weighted by atomic mass is 10.0. The van der Waals surface area contributed by atoms with Gasteiger partial charge in [0, 0.05) is 20.8 Å². The lowest BCUT2D eigenvalue weighted by Gasteiger charge is -2.39. The Morgan fingerprint density at radius 2 is 1.50 bits per heavy atom. The van der Waals surface area contributed by atoms with E-state index in [4.69, 9.17) is 23.7 Å². The van der Waals surface area contributed by atoms with Crippen molar-refractivity contribution in [2.45, 2.75) is 52.1 Å². The van der Waals surface area contributed by atoms with Crippen LogP contribution >= 0.6 is 0 Å². The Balaban J connectivity index is 2.88. The molecular formula is C14H20O8. The number of rotatable bonds is 5. The Labute approximate surface area is 128 Å². The van der Waals surface area contributed by atoms with E-state index in [1.165, 1.54) is 20.8 Å². The summed E-state index contributed by atoms with van der Waals surface area (Å²) in [5.41, 5.74) is 0. The highest BCUT2D eigenvalue weighted by Gasteiger charge is 2.44. The van der Waals surface area contributed by atoms with Gasteiger partial charge in [0.1, 0.15) is 0 Å². The van der Waals surface area contributed by atoms with Crippen LogP contribution in [0.2, 0.25) is 0 Å². The topological polar surface area (TPSA) is 97.4 Å². The fraction of sp³-hybridized carbons (Fsp3) is 0.643. The molecule has 1 aliphatic heterocycles. The number of hydrogen-bond donors (Lipinski definition) is 0. The molecule has 0 spiro atoms. The molecule has 0 N–H and O–H groups in total. The van der Waals surface area contributed by atoms with Crippen LogP contribution in [0, 0.1) is 0 Å². The van der Waals surface area contributed by atoms with Gasteiger partial charge in [0.05, 0.1) is 12.7 Å². The van der Waals surface area contributed by atoms with E-state index in [9.17, 15) is 14.4 Å². The van der Waals surface area contributed by atoms with Crippen molar-refractivity contribution in [3.8, 4) is 0 Å². The van der Waals surface area contributed by atoms with Crippen molar-refractivity contribution in [1.82, 2.24) is 0 Å². The van der Waals surface area contributed by atoms with E-state index >= 15 is 0 Å². The minimum atomic E-state index is -0.905. The van der Waals surface area contributed by atoms with Gasteiger partial charge in [0.2, 0.25) is 0 Å². The van der Waals surface area contributed by atoms with E-state index in [1.807, 2.05) is 0 Å². The maximum Gasteiger partial charge on any atom is 0.310 e. The van der Waals surface area contributed by atoms with Gasteiger partial charge < -0.3 is 23.7 Å². The first kappa shape index (κ1) is 18.0. The molecule has 1 rings (SSSR count). The highest BCUT2D eigenvalue weighted by Crippen LogP contribution is 2.25. The van der Waals surface area contributed by atoms with Crippen LogP contribution in [0.4, 0.5) is 0 Å². The van der Waals surface area contributed by atoms with Crippen molar-refractivity contribution < 1.29 is 38.1 Å². The zero-order valence-corrected chi connectivity index (χ0v) is 13.0. The van der Waals surface area contributed by atoms with E-state index in [-0.39, 0.29) is 12.6 Å². The molecule has 0 bridgehead atoms. The normalized spacial score (nSPS) is 27.5. The molecule has 0 aliphatic carbocycles. The first-order chi connectivity index (χ1) is 10.2. The Hall–Kier alpha value is -2.09. The number of carbonyl (C=O) groups excluding carboxylic acids is 3. The van der Waals surface area contributed by atoms with E-state index in [2.05, 4.69) is 6.58 Å². The van der Waals surface area contributed by atoms with Gasteiger partial charge in [0.15, 0.2) is 18.3 Å². The number of carbonyl (C=O) groups is 3. The Kier molecular flexibility index (Phi) is 6.36. The van der Waals surface area contributed by atoms with E-state index in [0.717, 1.165) is 0 Å². The standard InChI is InChI=1S/C14H20O8/c1-7-13(20-9(3)16)14(21-10(4)17)12(6-18-7)22-11(5)19-8(2)15/h7,12-14H,5-6H2,1-4H3/t7-,12-,13-,14-/m1/s1. The zero-order valence-electron chi connectivity index (χ0n) is 13.0. The summed E-state index contributed by atoms with van der Waals surface area (Å²) >= 11 is 0. The highest BCUT2D eigenvalue weighted by molar-refractivity contribution is 5.67. The molecule has 1 saturated heterocycles. The third kappa shape index (κ3) is 5.36. The van der Waals surface area contributed by atoms with Crippen molar-refractivity contribution in [2.75, 3.05) is 6.61 Å². The summed E-state index contributed by atoms with van der Waals surface area (Å²) < 4.78 is 25.8. The van der Waals surface area contributed by atoms with Crippen LogP contribution in [-0.2, 0) is 38.1 Å². The van der Waals surface area contributed by atoms with Crippen LogP contribution in [0.1, 0.15) is 27.7 Å². The van der Waals surface area contributed by atoms with Crippen molar-refractivity contribution in [2.24, 2.45) is 0 Å². The van der Waals surface area contributed by atoms with Crippen LogP contribution in [0.25, 0.3) is 0 Å². The van der Waals surface area contributed by atoms with Gasteiger partial charge in [-0.15, -0.1) is 0 Å². The first-order valence-electron chi connectivity index (χ1n) is 6.70. The van der Waals surface area contributed by atoms with Crippen LogP contribution in [0.15, 0.2) is 12.5 Å². The molecule has 0 aromatic carbocycles. The fourth-order valence-corrected chi connectivity index (χ4v) is 2.06. The maximum absolute atomic E-state index is 11.3. The monoisotopic (exact) mass is 316 g/mol. The summed E-state index contributed by atoms with van der Waals surface area (Å²) in [7, 11) is 0. The third-order valence-corrected chi connectivity index (χ3v) is 2.82. The predicted molar refractivity (Wildman–Crippen MR) is 72.3 cm³/mol. The van der Waals surface area contributed by atoms with Crippen molar-refractivity contribution in [3.63, 3.8) is 0 Å². The van der Waals surface area contributed by atoms with E-state index < -0.39 is 42.3 Å². The Morgan fingerprint density at radius 3 is 2.00 bits per heavy atom. The van der Waals surface area contributed by atoms with Crippen LogP contribution in [0.3, 0.4) is 0 Å². The molecule has 22 heavy (non-hydrogen) atoms. The summed E-state index contributed by atoms with van der Waals surface area (Å²) in [6, 6.07) is 0. The molecule has 0 aromatic rings. The molecule has 4 atom stereocenters. The predicted octanol–water partition coefficient (Wildman–Crippen LogP) is 0.688. The second kappa shape index (κ2) is 7.79. The van der Waals surface area contributed by atoms with Crippen molar-refractivity contribution in [3.05, 3.63) is 12.5 Å². The fourth-order valence-electron chi connectivity index (χ4n) is 2.06. The van der Waals surface area contributed by atoms with Gasteiger partial charge in [-0.1, -0.05) is 0 Å². The van der Waals surface area contributed by atoms with Gasteiger partial charge in [-0.3, -0.25) is 14.4 Å². The minimum Gasteiger partial charge on any atom is -0.456 e. The summed E-state index contributed by atoms with van der Waals surface area (Å²) in [5.74, 6) is -1.97. The van der Waals surface area contributed by atoms with E-state index in [0.29, 0.717) is 0 Å². The summed E-state index contributed by atoms with van der Waals surface area (Å²) in [6.45, 7) is 8.83. The average molecular weight is 316 g/mol. The lowest BCUT2D eigenvalue weighted by Crippen LogP contribution is -2.56. The quantitative estimate of drug-likeness (QED) is 0.415. The van der Waals surface area contributed by atoms with E-state index in [1.54, 1.807) is 6.92 Å². The molecule has 0 radical (unpaired) electrons. The third-order valence-electron chi connectivity index (χ3n) is 2.82. The SMILES string of the molecule is C=C(OC(C)=O)O[C@@H]1CO[C@H](C)[C@@H](OC(C)=O)[C@@H]1OC(C)=O. The van der Waals surface area contributed by atoms with Gasteiger partial charge in [-0.05, 0) is 13.5 Å². The second-order valence-corrected chi connectivity index (χ2v) is 4.81. The number of esters is 3. The summed E-state index contributed by atoms with van der Waals surface area (Å²) in [6.07, 6.45) is -3.06. The Morgan fingerprint density at radius 1 is 0.955 bits per heavy atom. The summed E-state index contributed by atoms with van der Waals surface area (Å²) in [5, 5.41) is 0. The average Bonchev–Trinajstić information content (AvgIpc) is 2.35. The molecule has 1 heterocycles. The maximum atomic E-state index is 11.3. The van der Waals surface area contributed by atoms with Gasteiger partial charge >= 0.3 is 17.9 Å². The molecule has 0 aromatic heterocycles. The zero-order chi connectivity index (χ0) is 16.9.